The SMILES string of the molecule is COC(=O)N[C@@H](c1ccccc1)[C@@H](C)C(=O)OC. The van der Waals surface area contributed by atoms with Crippen molar-refractivity contribution < 1.29 is 19.1 Å². The monoisotopic (exact) mass is 251 g/mol. The van der Waals surface area contributed by atoms with Gasteiger partial charge in [-0.2, -0.15) is 0 Å². The molecule has 0 bridgehead atoms. The first-order chi connectivity index (χ1) is 8.60. The minimum absolute atomic E-state index is 0.389. The number of hydrogen-bond acceptors (Lipinski definition) is 4. The van der Waals surface area contributed by atoms with Crippen LogP contribution < -0.4 is 5.32 Å². The Kier molecular flexibility index (Phi) is 5.17. The lowest BCUT2D eigenvalue weighted by Crippen LogP contribution is -2.35. The number of methoxy groups -OCH3 is 2. The molecule has 0 aliphatic carbocycles. The van der Waals surface area contributed by atoms with Gasteiger partial charge in [-0.15, -0.1) is 0 Å². The summed E-state index contributed by atoms with van der Waals surface area (Å²) in [5, 5.41) is 2.64. The highest BCUT2D eigenvalue weighted by molar-refractivity contribution is 5.75. The Balaban J connectivity index is 2.95. The van der Waals surface area contributed by atoms with Crippen LogP contribution in [0.4, 0.5) is 4.79 Å². The van der Waals surface area contributed by atoms with Crippen molar-refractivity contribution in [3.63, 3.8) is 0 Å². The normalized spacial score (nSPS) is 13.3. The maximum atomic E-state index is 11.6. The van der Waals surface area contributed by atoms with Gasteiger partial charge in [-0.3, -0.25) is 4.79 Å². The van der Waals surface area contributed by atoms with Crippen LogP contribution in [0.5, 0.6) is 0 Å². The second kappa shape index (κ2) is 6.64. The summed E-state index contributed by atoms with van der Waals surface area (Å²) in [6.45, 7) is 1.69. The minimum atomic E-state index is -0.584. The number of hydrogen-bond donors (Lipinski definition) is 1. The van der Waals surface area contributed by atoms with Gasteiger partial charge in [-0.05, 0) is 12.5 Å². The molecule has 98 valence electrons. The lowest BCUT2D eigenvalue weighted by Gasteiger charge is -2.23. The van der Waals surface area contributed by atoms with Crippen molar-refractivity contribution in [1.82, 2.24) is 5.32 Å². The van der Waals surface area contributed by atoms with Gasteiger partial charge in [-0.25, -0.2) is 4.79 Å². The number of ether oxygens (including phenoxy) is 2. The van der Waals surface area contributed by atoms with E-state index in [1.54, 1.807) is 6.92 Å². The Labute approximate surface area is 106 Å². The van der Waals surface area contributed by atoms with E-state index < -0.39 is 18.1 Å². The number of amides is 1. The number of carbonyl (C=O) groups is 2. The number of nitrogens with one attached hydrogen (secondary N) is 1. The van der Waals surface area contributed by atoms with Crippen LogP contribution in [-0.2, 0) is 14.3 Å². The van der Waals surface area contributed by atoms with Crippen LogP contribution in [0.2, 0.25) is 0 Å². The number of esters is 1. The smallest absolute Gasteiger partial charge is 0.407 e. The summed E-state index contributed by atoms with van der Waals surface area (Å²) in [6.07, 6.45) is -0.584. The number of carbonyl (C=O) groups excluding carboxylic acids is 2. The molecule has 1 N–H and O–H groups in total. The molecule has 2 atom stereocenters. The van der Waals surface area contributed by atoms with Crippen molar-refractivity contribution in [2.45, 2.75) is 13.0 Å². The van der Waals surface area contributed by atoms with E-state index in [-0.39, 0.29) is 5.97 Å². The molecule has 0 spiro atoms. The quantitative estimate of drug-likeness (QED) is 0.830. The van der Waals surface area contributed by atoms with E-state index in [9.17, 15) is 9.59 Å². The molecule has 5 heteroatoms. The maximum absolute atomic E-state index is 11.6. The van der Waals surface area contributed by atoms with Gasteiger partial charge in [0, 0.05) is 0 Å². The van der Waals surface area contributed by atoms with Crippen LogP contribution in [0.15, 0.2) is 30.3 Å². The highest BCUT2D eigenvalue weighted by Crippen LogP contribution is 2.22. The predicted molar refractivity (Wildman–Crippen MR) is 65.9 cm³/mol. The molecule has 1 aromatic rings. The Morgan fingerprint density at radius 2 is 1.72 bits per heavy atom. The van der Waals surface area contributed by atoms with Crippen molar-refractivity contribution in [2.75, 3.05) is 14.2 Å². The Bertz CT molecular complexity index is 405. The third kappa shape index (κ3) is 3.48. The largest absolute Gasteiger partial charge is 0.469 e. The van der Waals surface area contributed by atoms with Gasteiger partial charge in [0.25, 0.3) is 0 Å². The summed E-state index contributed by atoms with van der Waals surface area (Å²) >= 11 is 0. The van der Waals surface area contributed by atoms with E-state index in [2.05, 4.69) is 10.1 Å². The maximum Gasteiger partial charge on any atom is 0.407 e. The van der Waals surface area contributed by atoms with Gasteiger partial charge in [0.15, 0.2) is 0 Å². The van der Waals surface area contributed by atoms with Crippen LogP contribution in [0.1, 0.15) is 18.5 Å². The average Bonchev–Trinajstić information content (AvgIpc) is 2.43. The molecule has 0 aliphatic heterocycles. The number of alkyl carbamates (subject to hydrolysis) is 1. The lowest BCUT2D eigenvalue weighted by molar-refractivity contribution is -0.145. The fourth-order valence-corrected chi connectivity index (χ4v) is 1.67. The first kappa shape index (κ1) is 14.0. The van der Waals surface area contributed by atoms with E-state index in [0.717, 1.165) is 5.56 Å². The molecule has 1 aromatic carbocycles. The molecule has 0 heterocycles. The fraction of sp³-hybridized carbons (Fsp3) is 0.385. The molecule has 0 saturated carbocycles. The zero-order valence-electron chi connectivity index (χ0n) is 10.7. The van der Waals surface area contributed by atoms with Gasteiger partial charge in [0.1, 0.15) is 0 Å². The summed E-state index contributed by atoms with van der Waals surface area (Å²) in [7, 11) is 2.60. The Morgan fingerprint density at radius 1 is 1.11 bits per heavy atom. The Morgan fingerprint density at radius 3 is 2.22 bits per heavy atom. The van der Waals surface area contributed by atoms with Crippen LogP contribution in [-0.4, -0.2) is 26.3 Å². The first-order valence-corrected chi connectivity index (χ1v) is 5.57. The molecule has 18 heavy (non-hydrogen) atoms. The number of rotatable bonds is 4. The predicted octanol–water partition coefficient (Wildman–Crippen LogP) is 1.89. The van der Waals surface area contributed by atoms with Gasteiger partial charge >= 0.3 is 12.1 Å². The highest BCUT2D eigenvalue weighted by Gasteiger charge is 2.27. The fourth-order valence-electron chi connectivity index (χ4n) is 1.67. The zero-order valence-corrected chi connectivity index (χ0v) is 10.7. The molecular weight excluding hydrogens is 234 g/mol. The molecule has 0 aromatic heterocycles. The van der Waals surface area contributed by atoms with Crippen LogP contribution in [0.3, 0.4) is 0 Å². The molecule has 5 nitrogen and oxygen atoms in total. The van der Waals surface area contributed by atoms with E-state index >= 15 is 0 Å². The van der Waals surface area contributed by atoms with Crippen molar-refractivity contribution in [3.05, 3.63) is 35.9 Å². The molecule has 0 fully saturated rings. The van der Waals surface area contributed by atoms with Gasteiger partial charge in [0.05, 0.1) is 26.2 Å². The minimum Gasteiger partial charge on any atom is -0.469 e. The van der Waals surface area contributed by atoms with Crippen LogP contribution in [0, 0.1) is 5.92 Å². The lowest BCUT2D eigenvalue weighted by atomic mass is 9.95. The van der Waals surface area contributed by atoms with Crippen LogP contribution in [0.25, 0.3) is 0 Å². The Hall–Kier alpha value is -2.04. The average molecular weight is 251 g/mol. The second-order valence-corrected chi connectivity index (χ2v) is 3.84. The summed E-state index contributed by atoms with van der Waals surface area (Å²) in [4.78, 5) is 22.9. The molecule has 0 aliphatic rings. The zero-order chi connectivity index (χ0) is 13.5. The standard InChI is InChI=1S/C13H17NO4/c1-9(12(15)17-2)11(14-13(16)18-3)10-7-5-4-6-8-10/h4-9,11H,1-3H3,(H,14,16)/t9-,11-/m1/s1. The van der Waals surface area contributed by atoms with Crippen LogP contribution >= 0.6 is 0 Å². The first-order valence-electron chi connectivity index (χ1n) is 5.57. The van der Waals surface area contributed by atoms with E-state index in [1.165, 1.54) is 14.2 Å². The number of benzene rings is 1. The van der Waals surface area contributed by atoms with Gasteiger partial charge in [0.2, 0.25) is 0 Å². The van der Waals surface area contributed by atoms with E-state index in [1.807, 2.05) is 30.3 Å². The molecular formula is C13H17NO4. The summed E-state index contributed by atoms with van der Waals surface area (Å²) < 4.78 is 9.26. The summed E-state index contributed by atoms with van der Waals surface area (Å²) in [6, 6.07) is 8.73. The van der Waals surface area contributed by atoms with E-state index in [4.69, 9.17) is 4.74 Å². The highest BCUT2D eigenvalue weighted by atomic mass is 16.5. The second-order valence-electron chi connectivity index (χ2n) is 3.84. The summed E-state index contributed by atoms with van der Waals surface area (Å²) in [5.41, 5.74) is 0.820. The molecule has 0 saturated heterocycles. The summed E-state index contributed by atoms with van der Waals surface area (Å²) in [5.74, 6) is -0.892. The van der Waals surface area contributed by atoms with Gasteiger partial charge in [-0.1, -0.05) is 30.3 Å². The van der Waals surface area contributed by atoms with Crippen molar-refractivity contribution in [2.24, 2.45) is 5.92 Å². The molecule has 1 amide bonds. The van der Waals surface area contributed by atoms with Crippen molar-refractivity contribution >= 4 is 12.1 Å². The molecule has 0 radical (unpaired) electrons. The molecule has 1 rings (SSSR count). The third-order valence-corrected chi connectivity index (χ3v) is 2.69. The topological polar surface area (TPSA) is 64.6 Å². The van der Waals surface area contributed by atoms with E-state index in [0.29, 0.717) is 0 Å². The van der Waals surface area contributed by atoms with Crippen molar-refractivity contribution in [3.8, 4) is 0 Å². The van der Waals surface area contributed by atoms with Gasteiger partial charge < -0.3 is 14.8 Å². The van der Waals surface area contributed by atoms with Crippen molar-refractivity contribution in [1.29, 1.82) is 0 Å². The molecule has 0 unspecified atom stereocenters. The third-order valence-electron chi connectivity index (χ3n) is 2.69.